The fourth-order valence-electron chi connectivity index (χ4n) is 3.01. The average Bonchev–Trinajstić information content (AvgIpc) is 2.71. The van der Waals surface area contributed by atoms with Crippen molar-refractivity contribution in [2.75, 3.05) is 39.6 Å². The topological polar surface area (TPSA) is 87.2 Å². The molecule has 1 aromatic carbocycles. The molecule has 8 heteroatoms. The van der Waals surface area contributed by atoms with E-state index in [1.165, 1.54) is 14.2 Å². The Labute approximate surface area is 156 Å². The van der Waals surface area contributed by atoms with E-state index < -0.39 is 11.9 Å². The maximum atomic E-state index is 12.5. The fraction of sp³-hybridized carbons (Fsp3) is 0.316. The summed E-state index contributed by atoms with van der Waals surface area (Å²) in [7, 11) is 4.07. The van der Waals surface area contributed by atoms with Crippen LogP contribution in [0, 0.1) is 6.92 Å². The van der Waals surface area contributed by atoms with Crippen molar-refractivity contribution in [3.8, 4) is 5.75 Å². The third-order valence-electron chi connectivity index (χ3n) is 4.28. The molecule has 2 aromatic rings. The molecule has 8 nitrogen and oxygen atoms in total. The standard InChI is InChI=1S/C19H20N2O6/c1-11-5-6-12-14(7-8-15(24-2)16(12)20-11)21-10-27-9-13(18(22)25-3)17(21)19(23)26-4/h5-8H,9-10H2,1-4H3. The van der Waals surface area contributed by atoms with E-state index in [0.29, 0.717) is 17.0 Å². The molecule has 0 bridgehead atoms. The molecule has 0 radical (unpaired) electrons. The van der Waals surface area contributed by atoms with Crippen LogP contribution in [0.4, 0.5) is 5.69 Å². The fourth-order valence-corrected chi connectivity index (χ4v) is 3.01. The molecule has 0 unspecified atom stereocenters. The average molecular weight is 372 g/mol. The molecular formula is C19H20N2O6. The van der Waals surface area contributed by atoms with E-state index in [4.69, 9.17) is 18.9 Å². The molecule has 0 amide bonds. The molecule has 2 heterocycles. The third kappa shape index (κ3) is 3.31. The summed E-state index contributed by atoms with van der Waals surface area (Å²) in [5, 5.41) is 0.746. The maximum absolute atomic E-state index is 12.5. The minimum absolute atomic E-state index is 0.0426. The number of methoxy groups -OCH3 is 3. The van der Waals surface area contributed by atoms with Crippen LogP contribution in [0.5, 0.6) is 5.75 Å². The van der Waals surface area contributed by atoms with Crippen LogP contribution < -0.4 is 9.64 Å². The van der Waals surface area contributed by atoms with Crippen LogP contribution in [0.15, 0.2) is 35.5 Å². The van der Waals surface area contributed by atoms with Gasteiger partial charge in [-0.2, -0.15) is 0 Å². The van der Waals surface area contributed by atoms with E-state index in [2.05, 4.69) is 4.98 Å². The normalized spacial score (nSPS) is 14.3. The lowest BCUT2D eigenvalue weighted by Crippen LogP contribution is -2.38. The number of rotatable bonds is 4. The molecule has 1 aromatic heterocycles. The van der Waals surface area contributed by atoms with Crippen LogP contribution in [-0.2, 0) is 23.8 Å². The Morgan fingerprint density at radius 3 is 2.48 bits per heavy atom. The van der Waals surface area contributed by atoms with Crippen molar-refractivity contribution < 1.29 is 28.5 Å². The lowest BCUT2D eigenvalue weighted by Gasteiger charge is -2.32. The van der Waals surface area contributed by atoms with Gasteiger partial charge >= 0.3 is 11.9 Å². The first kappa shape index (κ1) is 18.7. The number of carbonyl (C=O) groups excluding carboxylic acids is 2. The van der Waals surface area contributed by atoms with Gasteiger partial charge in [-0.05, 0) is 31.2 Å². The molecule has 0 saturated carbocycles. The second-order valence-corrected chi connectivity index (χ2v) is 5.85. The summed E-state index contributed by atoms with van der Waals surface area (Å²) in [5.41, 5.74) is 2.29. The van der Waals surface area contributed by atoms with Crippen LogP contribution in [0.2, 0.25) is 0 Å². The van der Waals surface area contributed by atoms with Crippen molar-refractivity contribution in [3.05, 3.63) is 41.2 Å². The highest BCUT2D eigenvalue weighted by Gasteiger charge is 2.33. The maximum Gasteiger partial charge on any atom is 0.355 e. The first-order valence-corrected chi connectivity index (χ1v) is 8.21. The van der Waals surface area contributed by atoms with Crippen LogP contribution in [0.3, 0.4) is 0 Å². The van der Waals surface area contributed by atoms with Gasteiger partial charge < -0.3 is 23.8 Å². The first-order valence-electron chi connectivity index (χ1n) is 8.21. The van der Waals surface area contributed by atoms with E-state index in [9.17, 15) is 9.59 Å². The van der Waals surface area contributed by atoms with Crippen molar-refractivity contribution in [1.29, 1.82) is 0 Å². The van der Waals surface area contributed by atoms with Crippen molar-refractivity contribution in [2.45, 2.75) is 6.92 Å². The number of aryl methyl sites for hydroxylation is 1. The smallest absolute Gasteiger partial charge is 0.355 e. The second-order valence-electron chi connectivity index (χ2n) is 5.85. The Morgan fingerprint density at radius 1 is 1.07 bits per heavy atom. The second kappa shape index (κ2) is 7.63. The molecule has 3 rings (SSSR count). The number of ether oxygens (including phenoxy) is 4. The number of pyridine rings is 1. The Morgan fingerprint density at radius 2 is 1.81 bits per heavy atom. The van der Waals surface area contributed by atoms with Gasteiger partial charge in [0.15, 0.2) is 0 Å². The number of hydrogen-bond donors (Lipinski definition) is 0. The minimum Gasteiger partial charge on any atom is -0.494 e. The van der Waals surface area contributed by atoms with E-state index in [1.807, 2.05) is 19.1 Å². The summed E-state index contributed by atoms with van der Waals surface area (Å²) >= 11 is 0. The van der Waals surface area contributed by atoms with Crippen molar-refractivity contribution in [2.24, 2.45) is 0 Å². The summed E-state index contributed by atoms with van der Waals surface area (Å²) < 4.78 is 20.6. The number of benzene rings is 1. The Balaban J connectivity index is 2.25. The van der Waals surface area contributed by atoms with Gasteiger partial charge in [-0.3, -0.25) is 0 Å². The highest BCUT2D eigenvalue weighted by atomic mass is 16.5. The SMILES string of the molecule is COC(=O)C1=C(C(=O)OC)N(c2ccc(OC)c3nc(C)ccc23)COC1. The monoisotopic (exact) mass is 372 g/mol. The number of carbonyl (C=O) groups is 2. The minimum atomic E-state index is -0.650. The molecule has 27 heavy (non-hydrogen) atoms. The Hall–Kier alpha value is -3.13. The Bertz CT molecular complexity index is 937. The van der Waals surface area contributed by atoms with Gasteiger partial charge in [0.1, 0.15) is 23.7 Å². The number of nitrogens with zero attached hydrogens (tertiary/aromatic N) is 2. The van der Waals surface area contributed by atoms with Crippen LogP contribution in [-0.4, -0.2) is 51.6 Å². The van der Waals surface area contributed by atoms with Crippen LogP contribution in [0.1, 0.15) is 5.69 Å². The number of hydrogen-bond acceptors (Lipinski definition) is 8. The zero-order chi connectivity index (χ0) is 19.6. The number of anilines is 1. The van der Waals surface area contributed by atoms with Gasteiger partial charge in [-0.25, -0.2) is 14.6 Å². The van der Waals surface area contributed by atoms with Crippen LogP contribution in [0.25, 0.3) is 10.9 Å². The zero-order valence-electron chi connectivity index (χ0n) is 15.6. The van der Waals surface area contributed by atoms with Crippen molar-refractivity contribution in [1.82, 2.24) is 4.98 Å². The number of fused-ring (bicyclic) bond motifs is 1. The number of esters is 2. The molecule has 1 aliphatic heterocycles. The molecule has 142 valence electrons. The molecule has 0 N–H and O–H groups in total. The predicted octanol–water partition coefficient (Wildman–Crippen LogP) is 1.95. The molecular weight excluding hydrogens is 352 g/mol. The summed E-state index contributed by atoms with van der Waals surface area (Å²) in [6.45, 7) is 1.91. The Kier molecular flexibility index (Phi) is 5.27. The van der Waals surface area contributed by atoms with E-state index in [-0.39, 0.29) is 24.6 Å². The van der Waals surface area contributed by atoms with E-state index in [0.717, 1.165) is 11.1 Å². The van der Waals surface area contributed by atoms with Gasteiger partial charge in [-0.1, -0.05) is 0 Å². The molecule has 0 spiro atoms. The summed E-state index contributed by atoms with van der Waals surface area (Å²) in [6.07, 6.45) is 0. The van der Waals surface area contributed by atoms with Crippen LogP contribution >= 0.6 is 0 Å². The van der Waals surface area contributed by atoms with Gasteiger partial charge in [0, 0.05) is 11.1 Å². The lowest BCUT2D eigenvalue weighted by atomic mass is 10.1. The molecule has 0 aliphatic carbocycles. The van der Waals surface area contributed by atoms with Crippen molar-refractivity contribution in [3.63, 3.8) is 0 Å². The van der Waals surface area contributed by atoms with E-state index >= 15 is 0 Å². The lowest BCUT2D eigenvalue weighted by molar-refractivity contribution is -0.140. The summed E-state index contributed by atoms with van der Waals surface area (Å²) in [5.74, 6) is -0.693. The van der Waals surface area contributed by atoms with E-state index in [1.54, 1.807) is 24.1 Å². The quantitative estimate of drug-likeness (QED) is 0.753. The highest BCUT2D eigenvalue weighted by molar-refractivity contribution is 6.06. The van der Waals surface area contributed by atoms with Gasteiger partial charge in [-0.15, -0.1) is 0 Å². The predicted molar refractivity (Wildman–Crippen MR) is 97.4 cm³/mol. The van der Waals surface area contributed by atoms with Gasteiger partial charge in [0.25, 0.3) is 0 Å². The molecule has 1 aliphatic rings. The summed E-state index contributed by atoms with van der Waals surface area (Å²) in [4.78, 5) is 30.8. The molecule has 0 atom stereocenters. The molecule has 0 fully saturated rings. The number of aromatic nitrogens is 1. The highest BCUT2D eigenvalue weighted by Crippen LogP contribution is 2.36. The third-order valence-corrected chi connectivity index (χ3v) is 4.28. The summed E-state index contributed by atoms with van der Waals surface area (Å²) in [6, 6.07) is 7.28. The molecule has 0 saturated heterocycles. The zero-order valence-corrected chi connectivity index (χ0v) is 15.6. The van der Waals surface area contributed by atoms with Gasteiger partial charge in [0.2, 0.25) is 0 Å². The largest absolute Gasteiger partial charge is 0.494 e. The van der Waals surface area contributed by atoms with Gasteiger partial charge in [0.05, 0.1) is 39.2 Å². The van der Waals surface area contributed by atoms with Crippen molar-refractivity contribution >= 4 is 28.5 Å². The first-order chi connectivity index (χ1) is 13.0.